The number of hydrogen-bond donors (Lipinski definition) is 3. The van der Waals surface area contributed by atoms with Gasteiger partial charge in [0.05, 0.1) is 17.9 Å². The number of ether oxygens (including phenoxy) is 2. The molecule has 0 fully saturated rings. The molecule has 3 N–H and O–H groups in total. The third-order valence-electron chi connectivity index (χ3n) is 6.80. The summed E-state index contributed by atoms with van der Waals surface area (Å²) in [5, 5.41) is 28.5. The van der Waals surface area contributed by atoms with E-state index in [1.165, 1.54) is 22.3 Å². The molecule has 190 valence electrons. The second-order valence-electron chi connectivity index (χ2n) is 9.16. The highest BCUT2D eigenvalue weighted by Gasteiger charge is 2.45. The highest BCUT2D eigenvalue weighted by Crippen LogP contribution is 2.56. The minimum atomic E-state index is -0.925. The zero-order valence-corrected chi connectivity index (χ0v) is 21.0. The molecule has 0 spiro atoms. The van der Waals surface area contributed by atoms with E-state index in [9.17, 15) is 10.2 Å². The third kappa shape index (κ3) is 4.72. The molecule has 0 amide bonds. The first-order valence-corrected chi connectivity index (χ1v) is 12.8. The maximum Gasteiger partial charge on any atom is 0.119 e. The van der Waals surface area contributed by atoms with Crippen molar-refractivity contribution in [3.8, 4) is 22.6 Å². The first kappa shape index (κ1) is 25.3. The summed E-state index contributed by atoms with van der Waals surface area (Å²) in [6.07, 6.45) is -1.65. The van der Waals surface area contributed by atoms with Gasteiger partial charge in [0, 0.05) is 0 Å². The first-order chi connectivity index (χ1) is 18.1. The van der Waals surface area contributed by atoms with Crippen LogP contribution in [0.25, 0.3) is 11.1 Å². The fourth-order valence-corrected chi connectivity index (χ4v) is 5.20. The number of benzene rings is 4. The SMILES string of the molecule is OC[C@@H](O)COc1ccc(C2(c3ccc(OC[C@H](O)CCl)cc3)c3ccccc3-c3ccccc32)cc1. The van der Waals surface area contributed by atoms with Crippen LogP contribution in [0.1, 0.15) is 22.3 Å². The average molecular weight is 517 g/mol. The molecule has 1 aliphatic carbocycles. The normalized spacial score (nSPS) is 14.9. The highest BCUT2D eigenvalue weighted by atomic mass is 35.5. The van der Waals surface area contributed by atoms with Crippen LogP contribution >= 0.6 is 11.6 Å². The highest BCUT2D eigenvalue weighted by molar-refractivity contribution is 6.18. The van der Waals surface area contributed by atoms with Crippen LogP contribution < -0.4 is 9.47 Å². The van der Waals surface area contributed by atoms with E-state index < -0.39 is 17.6 Å². The van der Waals surface area contributed by atoms with E-state index in [-0.39, 0.29) is 25.7 Å². The van der Waals surface area contributed by atoms with Crippen LogP contribution in [0, 0.1) is 0 Å². The molecule has 0 unspecified atom stereocenters. The largest absolute Gasteiger partial charge is 0.491 e. The second-order valence-corrected chi connectivity index (χ2v) is 9.47. The molecular formula is C31H29ClO5. The van der Waals surface area contributed by atoms with E-state index in [0.717, 1.165) is 11.1 Å². The van der Waals surface area contributed by atoms with E-state index in [0.29, 0.717) is 11.5 Å². The third-order valence-corrected chi connectivity index (χ3v) is 7.16. The van der Waals surface area contributed by atoms with Gasteiger partial charge < -0.3 is 24.8 Å². The Kier molecular flexibility index (Phi) is 7.49. The van der Waals surface area contributed by atoms with Gasteiger partial charge >= 0.3 is 0 Å². The van der Waals surface area contributed by atoms with Crippen LogP contribution in [-0.2, 0) is 5.41 Å². The summed E-state index contributed by atoms with van der Waals surface area (Å²) >= 11 is 5.70. The van der Waals surface area contributed by atoms with Gasteiger partial charge in [-0.3, -0.25) is 0 Å². The van der Waals surface area contributed by atoms with Gasteiger partial charge in [0.1, 0.15) is 36.9 Å². The lowest BCUT2D eigenvalue weighted by molar-refractivity contribution is 0.0536. The predicted octanol–water partition coefficient (Wildman–Crippen LogP) is 4.76. The fourth-order valence-electron chi connectivity index (χ4n) is 5.11. The van der Waals surface area contributed by atoms with Gasteiger partial charge in [-0.25, -0.2) is 0 Å². The second kappa shape index (κ2) is 11.0. The number of halogens is 1. The van der Waals surface area contributed by atoms with Crippen molar-refractivity contribution >= 4 is 11.6 Å². The molecule has 2 atom stereocenters. The Hall–Kier alpha value is -3.35. The minimum absolute atomic E-state index is 0.0204. The van der Waals surface area contributed by atoms with E-state index in [2.05, 4.69) is 72.8 Å². The van der Waals surface area contributed by atoms with Gasteiger partial charge in [0.25, 0.3) is 0 Å². The number of rotatable bonds is 10. The molecule has 1 aliphatic rings. The lowest BCUT2D eigenvalue weighted by Crippen LogP contribution is -2.28. The lowest BCUT2D eigenvalue weighted by Gasteiger charge is -2.34. The van der Waals surface area contributed by atoms with E-state index >= 15 is 0 Å². The Labute approximate surface area is 221 Å². The fraction of sp³-hybridized carbons (Fsp3) is 0.226. The number of aliphatic hydroxyl groups is 3. The van der Waals surface area contributed by atoms with Crippen molar-refractivity contribution in [2.45, 2.75) is 17.6 Å². The quantitative estimate of drug-likeness (QED) is 0.233. The van der Waals surface area contributed by atoms with Crippen molar-refractivity contribution in [3.63, 3.8) is 0 Å². The minimum Gasteiger partial charge on any atom is -0.491 e. The molecule has 0 saturated carbocycles. The van der Waals surface area contributed by atoms with Crippen LogP contribution in [-0.4, -0.2) is 53.2 Å². The molecule has 0 aromatic heterocycles. The number of aliphatic hydroxyl groups excluding tert-OH is 3. The van der Waals surface area contributed by atoms with E-state index in [1.807, 2.05) is 24.3 Å². The molecule has 5 rings (SSSR count). The van der Waals surface area contributed by atoms with Gasteiger partial charge in [-0.1, -0.05) is 72.8 Å². The van der Waals surface area contributed by atoms with Crippen LogP contribution in [0.15, 0.2) is 97.1 Å². The van der Waals surface area contributed by atoms with Crippen molar-refractivity contribution in [3.05, 3.63) is 119 Å². The Morgan fingerprint density at radius 1 is 0.622 bits per heavy atom. The molecule has 0 heterocycles. The number of alkyl halides is 1. The van der Waals surface area contributed by atoms with Crippen molar-refractivity contribution < 1.29 is 24.8 Å². The van der Waals surface area contributed by atoms with Crippen molar-refractivity contribution in [2.24, 2.45) is 0 Å². The summed E-state index contributed by atoms with van der Waals surface area (Å²) in [6, 6.07) is 32.9. The molecule has 4 aromatic rings. The standard InChI is InChI=1S/C31H29ClO5/c32-17-23(34)19-36-25-13-9-21(10-14-25)31(22-11-15-26(16-12-22)37-20-24(35)18-33)29-7-3-1-5-27(29)28-6-2-4-8-30(28)31/h1-16,23-24,33-35H,17-20H2/t23-,24-/m1/s1. The van der Waals surface area contributed by atoms with Crippen LogP contribution in [0.2, 0.25) is 0 Å². The maximum absolute atomic E-state index is 9.77. The van der Waals surface area contributed by atoms with Gasteiger partial charge in [0.15, 0.2) is 0 Å². The van der Waals surface area contributed by atoms with Crippen molar-refractivity contribution in [1.82, 2.24) is 0 Å². The van der Waals surface area contributed by atoms with Crippen LogP contribution in [0.4, 0.5) is 0 Å². The monoisotopic (exact) mass is 516 g/mol. The summed E-state index contributed by atoms with van der Waals surface area (Å²) < 4.78 is 11.4. The predicted molar refractivity (Wildman–Crippen MR) is 145 cm³/mol. The molecule has 5 nitrogen and oxygen atoms in total. The van der Waals surface area contributed by atoms with Gasteiger partial charge in [0.2, 0.25) is 0 Å². The Morgan fingerprint density at radius 2 is 1.05 bits per heavy atom. The van der Waals surface area contributed by atoms with Crippen LogP contribution in [0.5, 0.6) is 11.5 Å². The number of hydrogen-bond acceptors (Lipinski definition) is 5. The summed E-state index contributed by atoms with van der Waals surface area (Å²) in [7, 11) is 0. The maximum atomic E-state index is 9.77. The molecule has 0 bridgehead atoms. The number of fused-ring (bicyclic) bond motifs is 3. The topological polar surface area (TPSA) is 79.2 Å². The molecule has 6 heteroatoms. The molecular weight excluding hydrogens is 488 g/mol. The van der Waals surface area contributed by atoms with E-state index in [1.54, 1.807) is 0 Å². The zero-order valence-electron chi connectivity index (χ0n) is 20.3. The van der Waals surface area contributed by atoms with Gasteiger partial charge in [-0.15, -0.1) is 11.6 Å². The Bertz CT molecular complexity index is 1230. The Morgan fingerprint density at radius 3 is 1.49 bits per heavy atom. The molecule has 0 aliphatic heterocycles. The zero-order chi connectivity index (χ0) is 25.8. The summed E-state index contributed by atoms with van der Waals surface area (Å²) in [6.45, 7) is -0.196. The van der Waals surface area contributed by atoms with Crippen LogP contribution in [0.3, 0.4) is 0 Å². The molecule has 0 radical (unpaired) electrons. The lowest BCUT2D eigenvalue weighted by atomic mass is 9.68. The van der Waals surface area contributed by atoms with E-state index in [4.69, 9.17) is 26.2 Å². The first-order valence-electron chi connectivity index (χ1n) is 12.3. The summed E-state index contributed by atoms with van der Waals surface area (Å²) in [4.78, 5) is 0. The van der Waals surface area contributed by atoms with Gasteiger partial charge in [-0.05, 0) is 57.6 Å². The van der Waals surface area contributed by atoms with Crippen molar-refractivity contribution in [1.29, 1.82) is 0 Å². The molecule has 0 saturated heterocycles. The van der Waals surface area contributed by atoms with Crippen molar-refractivity contribution in [2.75, 3.05) is 25.7 Å². The summed E-state index contributed by atoms with van der Waals surface area (Å²) in [5.41, 5.74) is 6.35. The van der Waals surface area contributed by atoms with Gasteiger partial charge in [-0.2, -0.15) is 0 Å². The summed E-state index contributed by atoms with van der Waals surface area (Å²) in [5.74, 6) is 1.40. The molecule has 4 aromatic carbocycles. The smallest absolute Gasteiger partial charge is 0.119 e. The Balaban J connectivity index is 1.61. The average Bonchev–Trinajstić information content (AvgIpc) is 3.26. The molecule has 37 heavy (non-hydrogen) atoms.